The molecular weight excluding hydrogens is 330 g/mol. The molecule has 0 aromatic heterocycles. The van der Waals surface area contributed by atoms with E-state index in [1.54, 1.807) is 0 Å². The molecule has 1 aliphatic heterocycles. The van der Waals surface area contributed by atoms with Crippen LogP contribution in [-0.2, 0) is 4.79 Å². The molecule has 0 bridgehead atoms. The Morgan fingerprint density at radius 1 is 0.870 bits per heavy atom. The minimum absolute atomic E-state index is 0.279. The van der Waals surface area contributed by atoms with Crippen molar-refractivity contribution >= 4 is 11.8 Å². The van der Waals surface area contributed by atoms with E-state index >= 15 is 0 Å². The maximum atomic E-state index is 13.6. The summed E-state index contributed by atoms with van der Waals surface area (Å²) in [5.41, 5.74) is -0.723. The molecule has 4 nitrogen and oxygen atoms in total. The summed E-state index contributed by atoms with van der Waals surface area (Å²) in [6, 6.07) is 1.33. The quantitative estimate of drug-likeness (QED) is 0.579. The Morgan fingerprint density at radius 3 is 1.91 bits per heavy atom. The second kappa shape index (κ2) is 6.09. The zero-order chi connectivity index (χ0) is 17.4. The van der Waals surface area contributed by atoms with E-state index in [1.165, 1.54) is 0 Å². The molecule has 1 aliphatic rings. The van der Waals surface area contributed by atoms with Crippen LogP contribution in [0.4, 0.5) is 26.3 Å². The molecule has 1 saturated heterocycles. The maximum Gasteiger partial charge on any atom is 0.471 e. The number of carbonyl (C=O) groups is 2. The minimum atomic E-state index is -5.02. The second-order valence-corrected chi connectivity index (χ2v) is 4.81. The molecule has 1 heterocycles. The fourth-order valence-electron chi connectivity index (χ4n) is 2.15. The van der Waals surface area contributed by atoms with Gasteiger partial charge in [0.25, 0.3) is 5.91 Å². The standard InChI is InChI=1S/C13H10F6N2O2/c14-8-2-1-7(9(15)10(8)16)11(22)20-3-5-21(6-4-20)12(23)13(17,18)19/h1-2H,3-6H2. The Hall–Kier alpha value is -2.26. The van der Waals surface area contributed by atoms with Gasteiger partial charge in [-0.3, -0.25) is 9.59 Å². The summed E-state index contributed by atoms with van der Waals surface area (Å²) in [7, 11) is 0. The number of amides is 2. The number of carbonyl (C=O) groups excluding carboxylic acids is 2. The predicted molar refractivity (Wildman–Crippen MR) is 64.9 cm³/mol. The predicted octanol–water partition coefficient (Wildman–Crippen LogP) is 1.95. The van der Waals surface area contributed by atoms with E-state index in [4.69, 9.17) is 0 Å². The Bertz CT molecular complexity index is 638. The summed E-state index contributed by atoms with van der Waals surface area (Å²) in [6.45, 7) is -1.34. The summed E-state index contributed by atoms with van der Waals surface area (Å²) in [6.07, 6.45) is -5.02. The SMILES string of the molecule is O=C(c1ccc(F)c(F)c1F)N1CCN(C(=O)C(F)(F)F)CC1. The van der Waals surface area contributed by atoms with E-state index in [9.17, 15) is 35.9 Å². The van der Waals surface area contributed by atoms with Gasteiger partial charge in [0, 0.05) is 26.2 Å². The number of nitrogens with zero attached hydrogens (tertiary/aromatic N) is 2. The third-order valence-corrected chi connectivity index (χ3v) is 3.36. The smallest absolute Gasteiger partial charge is 0.335 e. The van der Waals surface area contributed by atoms with Crippen molar-refractivity contribution in [1.29, 1.82) is 0 Å². The number of hydrogen-bond acceptors (Lipinski definition) is 2. The highest BCUT2D eigenvalue weighted by Crippen LogP contribution is 2.21. The second-order valence-electron chi connectivity index (χ2n) is 4.81. The van der Waals surface area contributed by atoms with E-state index < -0.39 is 54.1 Å². The van der Waals surface area contributed by atoms with Crippen LogP contribution in [0.15, 0.2) is 12.1 Å². The molecule has 0 unspecified atom stereocenters. The lowest BCUT2D eigenvalue weighted by Crippen LogP contribution is -2.53. The lowest BCUT2D eigenvalue weighted by molar-refractivity contribution is -0.186. The molecule has 2 amide bonds. The van der Waals surface area contributed by atoms with Gasteiger partial charge in [0.2, 0.25) is 0 Å². The minimum Gasteiger partial charge on any atom is -0.335 e. The Labute approximate surface area is 126 Å². The molecule has 0 radical (unpaired) electrons. The van der Waals surface area contributed by atoms with Gasteiger partial charge in [-0.15, -0.1) is 0 Å². The first-order valence-corrected chi connectivity index (χ1v) is 6.41. The van der Waals surface area contributed by atoms with Crippen molar-refractivity contribution in [2.24, 2.45) is 0 Å². The van der Waals surface area contributed by atoms with Crippen LogP contribution in [0.5, 0.6) is 0 Å². The number of benzene rings is 1. The highest BCUT2D eigenvalue weighted by Gasteiger charge is 2.43. The molecule has 0 saturated carbocycles. The van der Waals surface area contributed by atoms with E-state index in [0.717, 1.165) is 11.0 Å². The fourth-order valence-corrected chi connectivity index (χ4v) is 2.15. The molecule has 1 fully saturated rings. The van der Waals surface area contributed by atoms with Crippen LogP contribution in [0.1, 0.15) is 10.4 Å². The van der Waals surface area contributed by atoms with Gasteiger partial charge in [0.15, 0.2) is 17.5 Å². The Kier molecular flexibility index (Phi) is 4.53. The van der Waals surface area contributed by atoms with Crippen molar-refractivity contribution in [3.63, 3.8) is 0 Å². The van der Waals surface area contributed by atoms with Crippen LogP contribution >= 0.6 is 0 Å². The van der Waals surface area contributed by atoms with Gasteiger partial charge in [-0.1, -0.05) is 0 Å². The van der Waals surface area contributed by atoms with E-state index in [2.05, 4.69) is 0 Å². The average molecular weight is 340 g/mol. The molecule has 23 heavy (non-hydrogen) atoms. The monoisotopic (exact) mass is 340 g/mol. The van der Waals surface area contributed by atoms with Gasteiger partial charge < -0.3 is 9.80 Å². The first-order valence-electron chi connectivity index (χ1n) is 6.41. The van der Waals surface area contributed by atoms with Crippen molar-refractivity contribution in [2.75, 3.05) is 26.2 Å². The molecule has 10 heteroatoms. The van der Waals surface area contributed by atoms with Gasteiger partial charge in [-0.2, -0.15) is 13.2 Å². The summed E-state index contributed by atoms with van der Waals surface area (Å²) in [5.74, 6) is -7.94. The van der Waals surface area contributed by atoms with Crippen molar-refractivity contribution < 1.29 is 35.9 Å². The number of piperazine rings is 1. The fraction of sp³-hybridized carbons (Fsp3) is 0.385. The molecule has 0 spiro atoms. The topological polar surface area (TPSA) is 40.6 Å². The van der Waals surface area contributed by atoms with Gasteiger partial charge in [0.1, 0.15) is 0 Å². The number of hydrogen-bond donors (Lipinski definition) is 0. The summed E-state index contributed by atoms with van der Waals surface area (Å²) >= 11 is 0. The molecule has 2 rings (SSSR count). The molecule has 0 N–H and O–H groups in total. The molecule has 126 valence electrons. The zero-order valence-electron chi connectivity index (χ0n) is 11.5. The van der Waals surface area contributed by atoms with Crippen molar-refractivity contribution in [1.82, 2.24) is 9.80 Å². The van der Waals surface area contributed by atoms with Crippen LogP contribution in [-0.4, -0.2) is 54.0 Å². The summed E-state index contributed by atoms with van der Waals surface area (Å²) < 4.78 is 76.4. The van der Waals surface area contributed by atoms with Crippen molar-refractivity contribution in [2.45, 2.75) is 6.18 Å². The van der Waals surface area contributed by atoms with Crippen LogP contribution in [0, 0.1) is 17.5 Å². The highest BCUT2D eigenvalue weighted by molar-refractivity contribution is 5.94. The van der Waals surface area contributed by atoms with Crippen molar-refractivity contribution in [3.8, 4) is 0 Å². The highest BCUT2D eigenvalue weighted by atomic mass is 19.4. The van der Waals surface area contributed by atoms with Crippen LogP contribution in [0.2, 0.25) is 0 Å². The van der Waals surface area contributed by atoms with Crippen molar-refractivity contribution in [3.05, 3.63) is 35.1 Å². The van der Waals surface area contributed by atoms with E-state index in [-0.39, 0.29) is 13.1 Å². The molecular formula is C13H10F6N2O2. The largest absolute Gasteiger partial charge is 0.471 e. The average Bonchev–Trinajstić information content (AvgIpc) is 2.51. The lowest BCUT2D eigenvalue weighted by Gasteiger charge is -2.35. The van der Waals surface area contributed by atoms with Gasteiger partial charge in [-0.05, 0) is 12.1 Å². The van der Waals surface area contributed by atoms with Gasteiger partial charge in [-0.25, -0.2) is 13.2 Å². The number of rotatable bonds is 1. The number of alkyl halides is 3. The van der Waals surface area contributed by atoms with Crippen LogP contribution in [0.25, 0.3) is 0 Å². The first kappa shape index (κ1) is 17.1. The van der Waals surface area contributed by atoms with E-state index in [0.29, 0.717) is 11.0 Å². The van der Waals surface area contributed by atoms with Gasteiger partial charge in [0.05, 0.1) is 5.56 Å². The Balaban J connectivity index is 2.08. The number of halogens is 6. The molecule has 1 aromatic rings. The zero-order valence-corrected chi connectivity index (χ0v) is 11.5. The molecule has 0 aliphatic carbocycles. The normalized spacial score (nSPS) is 15.7. The summed E-state index contributed by atoms with van der Waals surface area (Å²) in [4.78, 5) is 24.6. The van der Waals surface area contributed by atoms with Crippen LogP contribution < -0.4 is 0 Å². The molecule has 0 atom stereocenters. The third kappa shape index (κ3) is 3.40. The first-order chi connectivity index (χ1) is 10.6. The maximum absolute atomic E-state index is 13.6. The summed E-state index contributed by atoms with van der Waals surface area (Å²) in [5, 5.41) is 0. The van der Waals surface area contributed by atoms with Gasteiger partial charge >= 0.3 is 12.1 Å². The molecule has 1 aromatic carbocycles. The lowest BCUT2D eigenvalue weighted by atomic mass is 10.1. The third-order valence-electron chi connectivity index (χ3n) is 3.36. The van der Waals surface area contributed by atoms with Crippen LogP contribution in [0.3, 0.4) is 0 Å². The van der Waals surface area contributed by atoms with E-state index in [1.807, 2.05) is 0 Å². The Morgan fingerprint density at radius 2 is 1.39 bits per heavy atom.